The Morgan fingerprint density at radius 2 is 1.31 bits per heavy atom. The molecule has 0 unspecified atom stereocenters. The zero-order valence-corrected chi connectivity index (χ0v) is 20.8. The number of hydrogen-bond donors (Lipinski definition) is 2. The smallest absolute Gasteiger partial charge is 0.347 e. The van der Waals surface area contributed by atoms with Crippen molar-refractivity contribution in [3.63, 3.8) is 0 Å². The molecule has 0 aliphatic rings. The fourth-order valence-corrected chi connectivity index (χ4v) is 3.67. The van der Waals surface area contributed by atoms with Crippen LogP contribution >= 0.6 is 0 Å². The second kappa shape index (κ2) is 10.5. The van der Waals surface area contributed by atoms with Gasteiger partial charge in [0.25, 0.3) is 0 Å². The van der Waals surface area contributed by atoms with E-state index in [0.717, 1.165) is 5.56 Å². The molecule has 0 aromatic heterocycles. The molecule has 3 aromatic carbocycles. The molecule has 0 amide bonds. The van der Waals surface area contributed by atoms with Gasteiger partial charge in [-0.2, -0.15) is 0 Å². The zero-order valence-electron chi connectivity index (χ0n) is 20.8. The van der Waals surface area contributed by atoms with Crippen molar-refractivity contribution in [3.8, 4) is 23.0 Å². The van der Waals surface area contributed by atoms with Gasteiger partial charge in [-0.05, 0) is 70.4 Å². The van der Waals surface area contributed by atoms with Crippen LogP contribution in [-0.4, -0.2) is 28.3 Å². The summed E-state index contributed by atoms with van der Waals surface area (Å²) in [6.07, 6.45) is -0.354. The summed E-state index contributed by atoms with van der Waals surface area (Å²) in [5.74, 6) is -1.48. The summed E-state index contributed by atoms with van der Waals surface area (Å²) in [6.45, 7) is 10.2. The zero-order chi connectivity index (χ0) is 25.9. The normalized spacial score (nSPS) is 10.8. The Labute approximate surface area is 204 Å². The predicted octanol–water partition coefficient (Wildman–Crippen LogP) is 5.69. The van der Waals surface area contributed by atoms with Crippen molar-refractivity contribution in [2.75, 3.05) is 0 Å². The van der Waals surface area contributed by atoms with Crippen molar-refractivity contribution in [2.45, 2.75) is 54.3 Å². The van der Waals surface area contributed by atoms with Crippen molar-refractivity contribution in [1.82, 2.24) is 0 Å². The molecular weight excluding hydrogens is 448 g/mol. The Hall–Kier alpha value is -4.00. The van der Waals surface area contributed by atoms with E-state index in [2.05, 4.69) is 0 Å². The van der Waals surface area contributed by atoms with Crippen molar-refractivity contribution >= 4 is 11.9 Å². The molecule has 0 aliphatic heterocycles. The van der Waals surface area contributed by atoms with E-state index in [1.54, 1.807) is 40.7 Å². The summed E-state index contributed by atoms with van der Waals surface area (Å²) in [7, 11) is 0. The molecule has 2 N–H and O–H groups in total. The Balaban J connectivity index is 1.87. The van der Waals surface area contributed by atoms with Crippen LogP contribution in [-0.2, 0) is 11.3 Å². The lowest BCUT2D eigenvalue weighted by Crippen LogP contribution is -2.15. The Kier molecular flexibility index (Phi) is 7.69. The molecule has 0 aliphatic carbocycles. The van der Waals surface area contributed by atoms with E-state index in [9.17, 15) is 19.8 Å². The van der Waals surface area contributed by atoms with Gasteiger partial charge in [0.2, 0.25) is 0 Å². The van der Waals surface area contributed by atoms with Gasteiger partial charge in [-0.25, -0.2) is 9.59 Å². The highest BCUT2D eigenvalue weighted by molar-refractivity contribution is 5.98. The monoisotopic (exact) mass is 478 g/mol. The van der Waals surface area contributed by atoms with Crippen LogP contribution in [0.3, 0.4) is 0 Å². The molecule has 0 radical (unpaired) electrons. The van der Waals surface area contributed by atoms with Crippen molar-refractivity contribution in [3.05, 3.63) is 81.4 Å². The Morgan fingerprint density at radius 1 is 0.800 bits per heavy atom. The SMILES string of the molecule is Cc1cc(OCc2ccccc2)c(C)c(O)c1C(=O)Oc1cc(C)c(C(=O)OC(C)C)c(O)c1C. The number of phenolic OH excluding ortho intramolecular Hbond substituents is 2. The van der Waals surface area contributed by atoms with Crippen LogP contribution in [0.2, 0.25) is 0 Å². The molecule has 0 spiro atoms. The van der Waals surface area contributed by atoms with E-state index >= 15 is 0 Å². The number of ether oxygens (including phenoxy) is 3. The van der Waals surface area contributed by atoms with Crippen molar-refractivity contribution in [2.24, 2.45) is 0 Å². The van der Waals surface area contributed by atoms with E-state index in [0.29, 0.717) is 29.0 Å². The van der Waals surface area contributed by atoms with Crippen LogP contribution < -0.4 is 9.47 Å². The molecular formula is C28H30O7. The van der Waals surface area contributed by atoms with Gasteiger partial charge in [-0.3, -0.25) is 0 Å². The number of rotatable bonds is 7. The molecule has 0 saturated heterocycles. The number of benzene rings is 3. The number of carbonyl (C=O) groups excluding carboxylic acids is 2. The summed E-state index contributed by atoms with van der Waals surface area (Å²) in [5.41, 5.74) is 2.46. The number of esters is 2. The van der Waals surface area contributed by atoms with E-state index in [1.165, 1.54) is 13.0 Å². The Bertz CT molecular complexity index is 1260. The maximum atomic E-state index is 13.0. The largest absolute Gasteiger partial charge is 0.507 e. The lowest BCUT2D eigenvalue weighted by Gasteiger charge is -2.18. The van der Waals surface area contributed by atoms with E-state index in [4.69, 9.17) is 14.2 Å². The molecule has 0 saturated carbocycles. The van der Waals surface area contributed by atoms with Gasteiger partial charge in [0.1, 0.15) is 40.7 Å². The third-order valence-electron chi connectivity index (χ3n) is 5.60. The standard InChI is InChI=1S/C28H30O7/c1-15(2)34-27(31)23-17(4)13-22(19(6)26(23)30)35-28(32)24-16(3)12-21(18(5)25(24)29)33-14-20-10-8-7-9-11-20/h7-13,15,29-30H,14H2,1-6H3. The van der Waals surface area contributed by atoms with Gasteiger partial charge in [-0.1, -0.05) is 30.3 Å². The quantitative estimate of drug-likeness (QED) is 0.332. The first-order valence-electron chi connectivity index (χ1n) is 11.3. The number of hydrogen-bond acceptors (Lipinski definition) is 7. The highest BCUT2D eigenvalue weighted by Gasteiger charge is 2.26. The van der Waals surface area contributed by atoms with Gasteiger partial charge >= 0.3 is 11.9 Å². The van der Waals surface area contributed by atoms with Crippen LogP contribution in [0, 0.1) is 27.7 Å². The topological polar surface area (TPSA) is 102 Å². The van der Waals surface area contributed by atoms with Crippen LogP contribution in [0.1, 0.15) is 62.4 Å². The first-order chi connectivity index (χ1) is 16.5. The summed E-state index contributed by atoms with van der Waals surface area (Å²) in [4.78, 5) is 25.4. The molecule has 3 aromatic rings. The summed E-state index contributed by atoms with van der Waals surface area (Å²) in [6, 6.07) is 12.8. The minimum absolute atomic E-state index is 0.00519. The van der Waals surface area contributed by atoms with Crippen LogP contribution in [0.15, 0.2) is 42.5 Å². The molecule has 7 nitrogen and oxygen atoms in total. The summed E-state index contributed by atoms with van der Waals surface area (Å²) >= 11 is 0. The van der Waals surface area contributed by atoms with E-state index in [-0.39, 0.29) is 40.0 Å². The number of phenols is 2. The van der Waals surface area contributed by atoms with Gasteiger partial charge in [0, 0.05) is 11.1 Å². The third-order valence-corrected chi connectivity index (χ3v) is 5.60. The summed E-state index contributed by atoms with van der Waals surface area (Å²) < 4.78 is 16.6. The van der Waals surface area contributed by atoms with E-state index in [1.807, 2.05) is 30.3 Å². The van der Waals surface area contributed by atoms with Gasteiger partial charge < -0.3 is 24.4 Å². The minimum atomic E-state index is -0.794. The molecule has 3 rings (SSSR count). The second-order valence-electron chi connectivity index (χ2n) is 8.70. The number of carbonyl (C=O) groups is 2. The predicted molar refractivity (Wildman–Crippen MR) is 131 cm³/mol. The third kappa shape index (κ3) is 5.57. The van der Waals surface area contributed by atoms with Gasteiger partial charge in [0.05, 0.1) is 6.10 Å². The molecule has 0 bridgehead atoms. The van der Waals surface area contributed by atoms with Crippen LogP contribution in [0.25, 0.3) is 0 Å². The van der Waals surface area contributed by atoms with Crippen molar-refractivity contribution < 1.29 is 34.0 Å². The summed E-state index contributed by atoms with van der Waals surface area (Å²) in [5, 5.41) is 21.4. The molecule has 184 valence electrons. The maximum Gasteiger partial charge on any atom is 0.347 e. The average molecular weight is 479 g/mol. The number of aromatic hydroxyl groups is 2. The van der Waals surface area contributed by atoms with E-state index < -0.39 is 11.9 Å². The first kappa shape index (κ1) is 25.6. The second-order valence-corrected chi connectivity index (χ2v) is 8.70. The highest BCUT2D eigenvalue weighted by atomic mass is 16.5. The van der Waals surface area contributed by atoms with Gasteiger partial charge in [0.15, 0.2) is 0 Å². The fraction of sp³-hybridized carbons (Fsp3) is 0.286. The maximum absolute atomic E-state index is 13.0. The highest BCUT2D eigenvalue weighted by Crippen LogP contribution is 2.37. The molecule has 0 atom stereocenters. The number of aryl methyl sites for hydroxylation is 2. The molecule has 7 heteroatoms. The van der Waals surface area contributed by atoms with Crippen LogP contribution in [0.5, 0.6) is 23.0 Å². The lowest BCUT2D eigenvalue weighted by molar-refractivity contribution is 0.0373. The first-order valence-corrected chi connectivity index (χ1v) is 11.3. The van der Waals surface area contributed by atoms with Crippen molar-refractivity contribution in [1.29, 1.82) is 0 Å². The Morgan fingerprint density at radius 3 is 1.89 bits per heavy atom. The molecule has 35 heavy (non-hydrogen) atoms. The van der Waals surface area contributed by atoms with Crippen LogP contribution in [0.4, 0.5) is 0 Å². The lowest BCUT2D eigenvalue weighted by atomic mass is 10.0. The molecule has 0 fully saturated rings. The average Bonchev–Trinajstić information content (AvgIpc) is 2.79. The minimum Gasteiger partial charge on any atom is -0.507 e. The molecule has 0 heterocycles. The fourth-order valence-electron chi connectivity index (χ4n) is 3.67. The van der Waals surface area contributed by atoms with Gasteiger partial charge in [-0.15, -0.1) is 0 Å².